The van der Waals surface area contributed by atoms with Crippen LogP contribution in [-0.4, -0.2) is 33.2 Å². The van der Waals surface area contributed by atoms with Crippen LogP contribution in [0, 0.1) is 0 Å². The summed E-state index contributed by atoms with van der Waals surface area (Å²) in [4.78, 5) is 0. The zero-order valence-corrected chi connectivity index (χ0v) is 16.7. The van der Waals surface area contributed by atoms with Crippen molar-refractivity contribution in [3.8, 4) is 0 Å². The lowest BCUT2D eigenvalue weighted by molar-refractivity contribution is 0.00578. The van der Waals surface area contributed by atoms with Gasteiger partial charge in [0.05, 0.1) is 32.9 Å². The van der Waals surface area contributed by atoms with Crippen LogP contribution in [0.25, 0.3) is 0 Å². The highest BCUT2D eigenvalue weighted by atomic mass is 32.2. The van der Waals surface area contributed by atoms with Crippen LogP contribution in [0.2, 0.25) is 0 Å². The highest BCUT2D eigenvalue weighted by molar-refractivity contribution is 7.84. The maximum Gasteiger partial charge on any atom is 0.477 e. The Balaban J connectivity index is 2.22. The molecule has 0 bridgehead atoms. The summed E-state index contributed by atoms with van der Waals surface area (Å²) < 4.78 is 27.9. The van der Waals surface area contributed by atoms with Gasteiger partial charge in [0.2, 0.25) is 0 Å². The lowest BCUT2D eigenvalue weighted by Crippen LogP contribution is -2.50. The molecule has 1 saturated heterocycles. The standard InChI is InChI=1S/C18H30BNO3S/c1-16(2,3)24(21)20-15(13-14-11-9-8-10-12-14)19-22-17(4,5)18(6,7)23-19/h8-12,15,20H,13H2,1-7H3/t15-,24+/m0/s1. The molecule has 1 aliphatic heterocycles. The van der Waals surface area contributed by atoms with Gasteiger partial charge in [0, 0.05) is 0 Å². The van der Waals surface area contributed by atoms with Gasteiger partial charge in [0.15, 0.2) is 0 Å². The molecule has 0 aromatic heterocycles. The fourth-order valence-corrected chi connectivity index (χ4v) is 3.25. The number of hydrogen-bond donors (Lipinski definition) is 1. The van der Waals surface area contributed by atoms with Gasteiger partial charge in [-0.15, -0.1) is 0 Å². The monoisotopic (exact) mass is 351 g/mol. The van der Waals surface area contributed by atoms with Crippen molar-refractivity contribution in [3.63, 3.8) is 0 Å². The lowest BCUT2D eigenvalue weighted by atomic mass is 9.75. The SMILES string of the molecule is CC(C)(C)[S@@](=O)N[C@@H](Cc1ccccc1)B1OC(C)(C)C(C)(C)O1. The minimum atomic E-state index is -1.20. The number of hydrogen-bond acceptors (Lipinski definition) is 3. The molecule has 0 spiro atoms. The van der Waals surface area contributed by atoms with Gasteiger partial charge in [-0.3, -0.25) is 0 Å². The van der Waals surface area contributed by atoms with Gasteiger partial charge in [-0.25, -0.2) is 8.93 Å². The fourth-order valence-electron chi connectivity index (χ4n) is 2.43. The Kier molecular flexibility index (Phi) is 5.65. The van der Waals surface area contributed by atoms with E-state index >= 15 is 0 Å². The molecule has 0 aliphatic carbocycles. The molecule has 1 fully saturated rings. The Morgan fingerprint density at radius 1 is 1.08 bits per heavy atom. The molecule has 1 heterocycles. The van der Waals surface area contributed by atoms with Crippen molar-refractivity contribution in [2.45, 2.75) is 76.8 Å². The molecule has 0 radical (unpaired) electrons. The smallest absolute Gasteiger partial charge is 0.402 e. The Hall–Kier alpha value is -0.685. The van der Waals surface area contributed by atoms with Crippen molar-refractivity contribution in [3.05, 3.63) is 35.9 Å². The fraction of sp³-hybridized carbons (Fsp3) is 0.667. The van der Waals surface area contributed by atoms with Gasteiger partial charge >= 0.3 is 7.12 Å². The third-order valence-corrected chi connectivity index (χ3v) is 6.34. The van der Waals surface area contributed by atoms with Crippen LogP contribution >= 0.6 is 0 Å². The molecule has 1 N–H and O–H groups in total. The summed E-state index contributed by atoms with van der Waals surface area (Å²) in [5, 5.41) is 0. The Labute approximate surface area is 149 Å². The number of benzene rings is 1. The molecule has 1 aromatic carbocycles. The van der Waals surface area contributed by atoms with Crippen molar-refractivity contribution < 1.29 is 13.5 Å². The van der Waals surface area contributed by atoms with Crippen molar-refractivity contribution in [2.24, 2.45) is 0 Å². The van der Waals surface area contributed by atoms with E-state index in [1.54, 1.807) is 0 Å². The van der Waals surface area contributed by atoms with Crippen molar-refractivity contribution in [2.75, 3.05) is 0 Å². The van der Waals surface area contributed by atoms with E-state index < -0.39 is 29.3 Å². The average molecular weight is 351 g/mol. The Morgan fingerprint density at radius 3 is 2.04 bits per heavy atom. The lowest BCUT2D eigenvalue weighted by Gasteiger charge is -2.32. The molecule has 1 aliphatic rings. The zero-order chi connectivity index (χ0) is 18.2. The zero-order valence-electron chi connectivity index (χ0n) is 15.9. The predicted molar refractivity (Wildman–Crippen MR) is 101 cm³/mol. The molecule has 0 amide bonds. The summed E-state index contributed by atoms with van der Waals surface area (Å²) in [5.41, 5.74) is 0.352. The van der Waals surface area contributed by atoms with Crippen LogP contribution in [0.5, 0.6) is 0 Å². The van der Waals surface area contributed by atoms with E-state index in [-0.39, 0.29) is 10.7 Å². The van der Waals surface area contributed by atoms with E-state index in [0.29, 0.717) is 6.42 Å². The van der Waals surface area contributed by atoms with Crippen LogP contribution in [-0.2, 0) is 26.7 Å². The molecular formula is C18H30BNO3S. The second-order valence-corrected chi connectivity index (χ2v) is 10.4. The van der Waals surface area contributed by atoms with E-state index in [9.17, 15) is 4.21 Å². The Bertz CT molecular complexity index is 568. The third-order valence-electron chi connectivity index (χ3n) is 4.71. The summed E-state index contributed by atoms with van der Waals surface area (Å²) in [5.74, 6) is -0.187. The van der Waals surface area contributed by atoms with Crippen LogP contribution in [0.1, 0.15) is 54.0 Å². The summed E-state index contributed by atoms with van der Waals surface area (Å²) in [6.07, 6.45) is 0.694. The quantitative estimate of drug-likeness (QED) is 0.829. The maximum absolute atomic E-state index is 12.6. The molecular weight excluding hydrogens is 321 g/mol. The maximum atomic E-state index is 12.6. The highest BCUT2D eigenvalue weighted by Gasteiger charge is 2.54. The van der Waals surface area contributed by atoms with Gasteiger partial charge < -0.3 is 9.31 Å². The van der Waals surface area contributed by atoms with Crippen LogP contribution in [0.3, 0.4) is 0 Å². The molecule has 134 valence electrons. The van der Waals surface area contributed by atoms with E-state index in [1.165, 1.54) is 0 Å². The summed E-state index contributed by atoms with van der Waals surface area (Å²) in [6.45, 7) is 14.0. The highest BCUT2D eigenvalue weighted by Crippen LogP contribution is 2.38. The molecule has 4 nitrogen and oxygen atoms in total. The van der Waals surface area contributed by atoms with Crippen molar-refractivity contribution in [1.29, 1.82) is 0 Å². The van der Waals surface area contributed by atoms with E-state index in [2.05, 4.69) is 16.9 Å². The minimum absolute atomic E-state index is 0.187. The Morgan fingerprint density at radius 2 is 1.58 bits per heavy atom. The third kappa shape index (κ3) is 4.48. The van der Waals surface area contributed by atoms with Crippen LogP contribution < -0.4 is 4.72 Å². The molecule has 2 atom stereocenters. The minimum Gasteiger partial charge on any atom is -0.402 e. The van der Waals surface area contributed by atoms with Gasteiger partial charge in [0.1, 0.15) is 0 Å². The van der Waals surface area contributed by atoms with Gasteiger partial charge in [-0.05, 0) is 60.5 Å². The van der Waals surface area contributed by atoms with Gasteiger partial charge in [-0.1, -0.05) is 30.3 Å². The molecule has 0 saturated carbocycles. The first kappa shape index (κ1) is 19.6. The topological polar surface area (TPSA) is 47.6 Å². The van der Waals surface area contributed by atoms with Crippen LogP contribution in [0.4, 0.5) is 0 Å². The molecule has 1 aromatic rings. The van der Waals surface area contributed by atoms with E-state index in [4.69, 9.17) is 9.31 Å². The number of nitrogens with one attached hydrogen (secondary N) is 1. The summed E-state index contributed by atoms with van der Waals surface area (Å²) in [7, 11) is -1.64. The second-order valence-electron chi connectivity index (χ2n) is 8.42. The molecule has 6 heteroatoms. The molecule has 24 heavy (non-hydrogen) atoms. The first-order valence-electron chi connectivity index (χ1n) is 8.50. The normalized spacial score (nSPS) is 22.4. The first-order valence-corrected chi connectivity index (χ1v) is 9.65. The number of rotatable bonds is 5. The summed E-state index contributed by atoms with van der Waals surface area (Å²) in [6, 6.07) is 10.2. The molecule has 0 unspecified atom stereocenters. The largest absolute Gasteiger partial charge is 0.477 e. The summed E-state index contributed by atoms with van der Waals surface area (Å²) >= 11 is 0. The van der Waals surface area contributed by atoms with Crippen molar-refractivity contribution >= 4 is 18.1 Å². The average Bonchev–Trinajstić information content (AvgIpc) is 2.66. The first-order chi connectivity index (χ1) is 10.9. The van der Waals surface area contributed by atoms with Gasteiger partial charge in [0.25, 0.3) is 0 Å². The predicted octanol–water partition coefficient (Wildman–Crippen LogP) is 3.28. The van der Waals surface area contributed by atoms with E-state index in [0.717, 1.165) is 5.56 Å². The van der Waals surface area contributed by atoms with Crippen LogP contribution in [0.15, 0.2) is 30.3 Å². The van der Waals surface area contributed by atoms with E-state index in [1.807, 2.05) is 66.7 Å². The van der Waals surface area contributed by atoms with Gasteiger partial charge in [-0.2, -0.15) is 0 Å². The van der Waals surface area contributed by atoms with Crippen molar-refractivity contribution in [1.82, 2.24) is 4.72 Å². The second kappa shape index (κ2) is 6.91. The molecule has 2 rings (SSSR count).